The topological polar surface area (TPSA) is 78.8 Å². The van der Waals surface area contributed by atoms with E-state index in [9.17, 15) is 14.4 Å². The lowest BCUT2D eigenvalue weighted by molar-refractivity contribution is 0.254. The van der Waals surface area contributed by atoms with Gasteiger partial charge < -0.3 is 19.8 Å². The third-order valence-electron chi connectivity index (χ3n) is 4.53. The molecule has 0 amide bonds. The van der Waals surface area contributed by atoms with Crippen molar-refractivity contribution in [3.05, 3.63) is 24.3 Å². The molecule has 0 atom stereocenters. The summed E-state index contributed by atoms with van der Waals surface area (Å²) in [6.07, 6.45) is 3.78. The Labute approximate surface area is 125 Å². The molecule has 5 nitrogen and oxygen atoms in total. The van der Waals surface area contributed by atoms with Crippen LogP contribution in [0, 0.1) is 5.92 Å². The maximum absolute atomic E-state index is 12.0. The number of methoxy groups -OCH3 is 1. The van der Waals surface area contributed by atoms with Gasteiger partial charge in [-0.05, 0) is 55.9 Å². The molecule has 1 saturated carbocycles. The van der Waals surface area contributed by atoms with Gasteiger partial charge in [0, 0.05) is 5.69 Å². The molecule has 1 aliphatic carbocycles. The average molecular weight is 313 g/mol. The molecule has 1 aliphatic rings. The molecule has 21 heavy (non-hydrogen) atoms. The van der Waals surface area contributed by atoms with E-state index >= 15 is 0 Å². The summed E-state index contributed by atoms with van der Waals surface area (Å²) in [6, 6.07) is 7.16. The van der Waals surface area contributed by atoms with Gasteiger partial charge in [-0.25, -0.2) is 0 Å². The Hall–Kier alpha value is -1.03. The van der Waals surface area contributed by atoms with Gasteiger partial charge in [0.05, 0.1) is 7.11 Å². The molecule has 1 aromatic carbocycles. The Morgan fingerprint density at radius 1 is 1.29 bits per heavy atom. The van der Waals surface area contributed by atoms with E-state index in [0.29, 0.717) is 24.4 Å². The molecule has 1 fully saturated rings. The average Bonchev–Trinajstić information content (AvgIpc) is 2.47. The van der Waals surface area contributed by atoms with Gasteiger partial charge in [0.2, 0.25) is 0 Å². The molecule has 0 aromatic heterocycles. The summed E-state index contributed by atoms with van der Waals surface area (Å²) in [5, 5.41) is 1.98. The van der Waals surface area contributed by atoms with E-state index in [0.717, 1.165) is 25.0 Å². The predicted octanol–water partition coefficient (Wildman–Crippen LogP) is 3.58. The van der Waals surface area contributed by atoms with Gasteiger partial charge in [-0.1, -0.05) is 13.3 Å². The molecule has 0 bridgehead atoms. The minimum Gasteiger partial charge on any atom is -0.497 e. The van der Waals surface area contributed by atoms with Crippen LogP contribution in [0.15, 0.2) is 24.3 Å². The quantitative estimate of drug-likeness (QED) is 0.724. The first-order chi connectivity index (χ1) is 9.90. The Morgan fingerprint density at radius 2 is 1.86 bits per heavy atom. The van der Waals surface area contributed by atoms with Crippen molar-refractivity contribution in [2.75, 3.05) is 12.4 Å². The molecule has 2 rings (SSSR count). The Bertz CT molecular complexity index is 503. The maximum atomic E-state index is 12.0. The molecule has 3 N–H and O–H groups in total. The SMILES string of the molecule is CCC1CCC(Nc2ccc(OC)cc2)(P(=O)(O)O)CC1. The Balaban J connectivity index is 2.19. The van der Waals surface area contributed by atoms with Crippen molar-refractivity contribution in [2.24, 2.45) is 5.92 Å². The second-order valence-electron chi connectivity index (χ2n) is 5.78. The van der Waals surface area contributed by atoms with Crippen LogP contribution in [0.1, 0.15) is 39.0 Å². The largest absolute Gasteiger partial charge is 0.497 e. The van der Waals surface area contributed by atoms with Crippen LogP contribution in [0.25, 0.3) is 0 Å². The van der Waals surface area contributed by atoms with Crippen molar-refractivity contribution in [2.45, 2.75) is 44.3 Å². The zero-order chi connectivity index (χ0) is 15.5. The number of nitrogens with one attached hydrogen (secondary N) is 1. The molecule has 0 radical (unpaired) electrons. The fourth-order valence-corrected chi connectivity index (χ4v) is 4.11. The van der Waals surface area contributed by atoms with Gasteiger partial charge in [-0.3, -0.25) is 4.57 Å². The number of hydrogen-bond donors (Lipinski definition) is 3. The zero-order valence-electron chi connectivity index (χ0n) is 12.6. The zero-order valence-corrected chi connectivity index (χ0v) is 13.5. The lowest BCUT2D eigenvalue weighted by Gasteiger charge is -2.41. The van der Waals surface area contributed by atoms with E-state index in [1.807, 2.05) is 0 Å². The lowest BCUT2D eigenvalue weighted by atomic mass is 9.84. The first-order valence-corrected chi connectivity index (χ1v) is 8.99. The van der Waals surface area contributed by atoms with E-state index < -0.39 is 12.9 Å². The smallest absolute Gasteiger partial charge is 0.350 e. The highest BCUT2D eigenvalue weighted by Crippen LogP contribution is 2.58. The van der Waals surface area contributed by atoms with Gasteiger partial charge in [0.15, 0.2) is 0 Å². The molecule has 0 aliphatic heterocycles. The molecule has 6 heteroatoms. The van der Waals surface area contributed by atoms with Gasteiger partial charge in [-0.15, -0.1) is 0 Å². The number of rotatable bonds is 5. The van der Waals surface area contributed by atoms with E-state index in [4.69, 9.17) is 4.74 Å². The molecule has 1 aromatic rings. The van der Waals surface area contributed by atoms with Gasteiger partial charge >= 0.3 is 7.60 Å². The molecular weight excluding hydrogens is 289 g/mol. The minimum absolute atomic E-state index is 0.502. The summed E-state index contributed by atoms with van der Waals surface area (Å²) >= 11 is 0. The summed E-state index contributed by atoms with van der Waals surface area (Å²) in [5.74, 6) is 1.29. The van der Waals surface area contributed by atoms with Crippen LogP contribution in [0.2, 0.25) is 0 Å². The summed E-state index contributed by atoms with van der Waals surface area (Å²) in [4.78, 5) is 19.7. The molecular formula is C15H24NO4P. The second-order valence-corrected chi connectivity index (χ2v) is 7.72. The molecule has 0 saturated heterocycles. The first-order valence-electron chi connectivity index (χ1n) is 7.38. The van der Waals surface area contributed by atoms with Crippen molar-refractivity contribution in [3.63, 3.8) is 0 Å². The molecule has 0 heterocycles. The van der Waals surface area contributed by atoms with Crippen molar-refractivity contribution in [3.8, 4) is 5.75 Å². The number of ether oxygens (including phenoxy) is 1. The van der Waals surface area contributed by atoms with Crippen molar-refractivity contribution < 1.29 is 19.1 Å². The fourth-order valence-electron chi connectivity index (χ4n) is 3.00. The fraction of sp³-hybridized carbons (Fsp3) is 0.600. The van der Waals surface area contributed by atoms with E-state index in [-0.39, 0.29) is 0 Å². The van der Waals surface area contributed by atoms with Crippen LogP contribution in [0.3, 0.4) is 0 Å². The van der Waals surface area contributed by atoms with Crippen LogP contribution < -0.4 is 10.1 Å². The normalized spacial score (nSPS) is 26.4. The van der Waals surface area contributed by atoms with Gasteiger partial charge in [-0.2, -0.15) is 0 Å². The number of anilines is 1. The van der Waals surface area contributed by atoms with Crippen LogP contribution in [-0.2, 0) is 4.57 Å². The van der Waals surface area contributed by atoms with Crippen molar-refractivity contribution in [1.82, 2.24) is 0 Å². The maximum Gasteiger partial charge on any atom is 0.350 e. The summed E-state index contributed by atoms with van der Waals surface area (Å²) in [6.45, 7) is 2.13. The van der Waals surface area contributed by atoms with E-state index in [2.05, 4.69) is 12.2 Å². The predicted molar refractivity (Wildman–Crippen MR) is 83.6 cm³/mol. The van der Waals surface area contributed by atoms with Crippen LogP contribution in [0.5, 0.6) is 5.75 Å². The summed E-state index contributed by atoms with van der Waals surface area (Å²) in [5.41, 5.74) is 0.717. The molecule has 118 valence electrons. The molecule has 0 unspecified atom stereocenters. The van der Waals surface area contributed by atoms with Crippen molar-refractivity contribution in [1.29, 1.82) is 0 Å². The van der Waals surface area contributed by atoms with Crippen LogP contribution in [0.4, 0.5) is 5.69 Å². The number of benzene rings is 1. The highest BCUT2D eigenvalue weighted by molar-refractivity contribution is 7.53. The standard InChI is InChI=1S/C15H24NO4P/c1-3-12-8-10-15(11-9-12,21(17,18)19)16-13-4-6-14(20-2)7-5-13/h4-7,12,16H,3,8-11H2,1-2H3,(H2,17,18,19). The third-order valence-corrected chi connectivity index (χ3v) is 6.21. The first kappa shape index (κ1) is 16.3. The van der Waals surface area contributed by atoms with Crippen LogP contribution in [-0.4, -0.2) is 22.2 Å². The Kier molecular flexibility index (Phi) is 4.97. The summed E-state index contributed by atoms with van der Waals surface area (Å²) in [7, 11) is -2.65. The van der Waals surface area contributed by atoms with Gasteiger partial charge in [0.25, 0.3) is 0 Å². The van der Waals surface area contributed by atoms with E-state index in [1.165, 1.54) is 0 Å². The van der Waals surface area contributed by atoms with Crippen LogP contribution >= 0.6 is 7.60 Å². The highest BCUT2D eigenvalue weighted by Gasteiger charge is 2.48. The highest BCUT2D eigenvalue weighted by atomic mass is 31.2. The third kappa shape index (κ3) is 3.60. The monoisotopic (exact) mass is 313 g/mol. The molecule has 0 spiro atoms. The second kappa shape index (κ2) is 6.39. The minimum atomic E-state index is -4.24. The van der Waals surface area contributed by atoms with Crippen molar-refractivity contribution >= 4 is 13.3 Å². The lowest BCUT2D eigenvalue weighted by Crippen LogP contribution is -2.41. The van der Waals surface area contributed by atoms with E-state index in [1.54, 1.807) is 31.4 Å². The summed E-state index contributed by atoms with van der Waals surface area (Å²) < 4.78 is 17.1. The Morgan fingerprint density at radius 3 is 2.29 bits per heavy atom. The number of hydrogen-bond acceptors (Lipinski definition) is 3. The van der Waals surface area contributed by atoms with Gasteiger partial charge in [0.1, 0.15) is 11.0 Å².